The number of carbonyl (C=O) groups is 2. The van der Waals surface area contributed by atoms with Crippen molar-refractivity contribution in [3.05, 3.63) is 28.8 Å². The molecule has 1 rings (SSSR count). The molecule has 0 unspecified atom stereocenters. The van der Waals surface area contributed by atoms with Gasteiger partial charge in [-0.15, -0.1) is 11.6 Å². The molecule has 3 amide bonds. The number of carbonyl (C=O) groups excluding carboxylic acids is 2. The third kappa shape index (κ3) is 4.63. The quantitative estimate of drug-likeness (QED) is 0.833. The van der Waals surface area contributed by atoms with Gasteiger partial charge >= 0.3 is 6.03 Å². The number of hydrogen-bond donors (Lipinski definition) is 2. The molecule has 0 fully saturated rings. The van der Waals surface area contributed by atoms with Gasteiger partial charge < -0.3 is 5.32 Å². The average molecular weight is 275 g/mol. The average Bonchev–Trinajstić information content (AvgIpc) is 2.23. The maximum Gasteiger partial charge on any atom is 0.325 e. The summed E-state index contributed by atoms with van der Waals surface area (Å²) in [4.78, 5) is 22.5. The summed E-state index contributed by atoms with van der Waals surface area (Å²) in [5, 5.41) is 5.21. The van der Waals surface area contributed by atoms with Gasteiger partial charge in [0.2, 0.25) is 5.91 Å². The summed E-state index contributed by atoms with van der Waals surface area (Å²) in [7, 11) is 0. The molecule has 0 bridgehead atoms. The second-order valence-corrected chi connectivity index (χ2v) is 4.21. The van der Waals surface area contributed by atoms with Gasteiger partial charge in [0.1, 0.15) is 0 Å². The van der Waals surface area contributed by atoms with E-state index in [1.54, 1.807) is 18.2 Å². The lowest BCUT2D eigenvalue weighted by molar-refractivity contribution is -0.119. The van der Waals surface area contributed by atoms with Crippen molar-refractivity contribution in [1.82, 2.24) is 5.32 Å². The van der Waals surface area contributed by atoms with E-state index in [1.807, 2.05) is 6.92 Å². The molecule has 4 nitrogen and oxygen atoms in total. The fourth-order valence-corrected chi connectivity index (χ4v) is 1.50. The van der Waals surface area contributed by atoms with Crippen LogP contribution < -0.4 is 10.6 Å². The van der Waals surface area contributed by atoms with E-state index in [-0.39, 0.29) is 12.3 Å². The van der Waals surface area contributed by atoms with Gasteiger partial charge in [-0.1, -0.05) is 17.7 Å². The Morgan fingerprint density at radius 2 is 2.06 bits per heavy atom. The smallest absolute Gasteiger partial charge is 0.307 e. The Morgan fingerprint density at radius 3 is 2.71 bits per heavy atom. The third-order valence-electron chi connectivity index (χ3n) is 2.02. The number of urea groups is 1. The molecule has 0 aromatic heterocycles. The molecule has 92 valence electrons. The van der Waals surface area contributed by atoms with Gasteiger partial charge in [-0.25, -0.2) is 4.79 Å². The zero-order valence-electron chi connectivity index (χ0n) is 9.22. The van der Waals surface area contributed by atoms with E-state index < -0.39 is 11.9 Å². The number of alkyl halides is 1. The van der Waals surface area contributed by atoms with Gasteiger partial charge in [0.05, 0.1) is 0 Å². The van der Waals surface area contributed by atoms with Gasteiger partial charge in [-0.2, -0.15) is 0 Å². The van der Waals surface area contributed by atoms with Crippen LogP contribution in [0, 0.1) is 6.92 Å². The molecule has 0 saturated heterocycles. The molecule has 0 aliphatic rings. The number of rotatable bonds is 3. The highest BCUT2D eigenvalue weighted by Gasteiger charge is 2.08. The second-order valence-electron chi connectivity index (χ2n) is 3.40. The van der Waals surface area contributed by atoms with Crippen molar-refractivity contribution in [1.29, 1.82) is 0 Å². The first-order chi connectivity index (χ1) is 8.02. The molecular weight excluding hydrogens is 263 g/mol. The molecule has 0 aliphatic heterocycles. The van der Waals surface area contributed by atoms with Crippen LogP contribution in [0.15, 0.2) is 18.2 Å². The first-order valence-corrected chi connectivity index (χ1v) is 5.87. The number of anilines is 1. The normalized spacial score (nSPS) is 9.82. The Morgan fingerprint density at radius 1 is 1.35 bits per heavy atom. The van der Waals surface area contributed by atoms with E-state index in [9.17, 15) is 9.59 Å². The molecule has 2 N–H and O–H groups in total. The first-order valence-electron chi connectivity index (χ1n) is 4.96. The van der Waals surface area contributed by atoms with Crippen LogP contribution in [0.25, 0.3) is 0 Å². The molecule has 6 heteroatoms. The summed E-state index contributed by atoms with van der Waals surface area (Å²) >= 11 is 11.2. The van der Waals surface area contributed by atoms with Crippen molar-refractivity contribution in [2.45, 2.75) is 13.3 Å². The van der Waals surface area contributed by atoms with E-state index in [4.69, 9.17) is 23.2 Å². The highest BCUT2D eigenvalue weighted by molar-refractivity contribution is 6.31. The number of imide groups is 1. The molecule has 0 saturated carbocycles. The lowest BCUT2D eigenvalue weighted by Crippen LogP contribution is -2.34. The molecule has 17 heavy (non-hydrogen) atoms. The van der Waals surface area contributed by atoms with E-state index >= 15 is 0 Å². The minimum absolute atomic E-state index is 0.101. The van der Waals surface area contributed by atoms with Gasteiger partial charge in [0.25, 0.3) is 0 Å². The standard InChI is InChI=1S/C11H12Cl2N2O2/c1-7-2-3-8(13)6-9(7)14-11(17)15-10(16)4-5-12/h2-3,6H,4-5H2,1H3,(H2,14,15,16,17). The Bertz CT molecular complexity index is 435. The zero-order valence-corrected chi connectivity index (χ0v) is 10.7. The van der Waals surface area contributed by atoms with Crippen LogP contribution in [0.2, 0.25) is 5.02 Å². The van der Waals surface area contributed by atoms with Crippen molar-refractivity contribution < 1.29 is 9.59 Å². The Kier molecular flexibility index (Phi) is 5.25. The lowest BCUT2D eigenvalue weighted by atomic mass is 10.2. The predicted molar refractivity (Wildman–Crippen MR) is 68.7 cm³/mol. The van der Waals surface area contributed by atoms with Crippen molar-refractivity contribution in [3.8, 4) is 0 Å². The van der Waals surface area contributed by atoms with Crippen LogP contribution in [0.4, 0.5) is 10.5 Å². The number of aryl methyl sites for hydroxylation is 1. The van der Waals surface area contributed by atoms with Gasteiger partial charge in [0, 0.05) is 23.0 Å². The first kappa shape index (κ1) is 13.8. The van der Waals surface area contributed by atoms with Crippen molar-refractivity contribution in [2.75, 3.05) is 11.2 Å². The summed E-state index contributed by atoms with van der Waals surface area (Å²) in [6.07, 6.45) is 0.101. The lowest BCUT2D eigenvalue weighted by Gasteiger charge is -2.09. The number of hydrogen-bond acceptors (Lipinski definition) is 2. The summed E-state index contributed by atoms with van der Waals surface area (Å²) in [6.45, 7) is 1.83. The number of halogens is 2. The predicted octanol–water partition coefficient (Wildman–Crippen LogP) is 2.93. The van der Waals surface area contributed by atoms with Crippen LogP contribution in [0.5, 0.6) is 0 Å². The fraction of sp³-hybridized carbons (Fsp3) is 0.273. The second kappa shape index (κ2) is 6.47. The van der Waals surface area contributed by atoms with Crippen LogP contribution in [0.1, 0.15) is 12.0 Å². The maximum atomic E-state index is 11.4. The Labute approximate surface area is 109 Å². The minimum Gasteiger partial charge on any atom is -0.307 e. The van der Waals surface area contributed by atoms with Crippen molar-refractivity contribution in [2.24, 2.45) is 0 Å². The van der Waals surface area contributed by atoms with E-state index in [0.29, 0.717) is 10.7 Å². The number of amides is 3. The highest BCUT2D eigenvalue weighted by atomic mass is 35.5. The highest BCUT2D eigenvalue weighted by Crippen LogP contribution is 2.19. The SMILES string of the molecule is Cc1ccc(Cl)cc1NC(=O)NC(=O)CCCl. The largest absolute Gasteiger partial charge is 0.325 e. The van der Waals surface area contributed by atoms with Gasteiger partial charge in [-0.05, 0) is 24.6 Å². The Hall–Kier alpha value is -1.26. The molecule has 0 atom stereocenters. The molecule has 1 aromatic rings. The molecule has 1 aromatic carbocycles. The van der Waals surface area contributed by atoms with Gasteiger partial charge in [-0.3, -0.25) is 10.1 Å². The van der Waals surface area contributed by atoms with Crippen LogP contribution in [-0.4, -0.2) is 17.8 Å². The van der Waals surface area contributed by atoms with Crippen LogP contribution >= 0.6 is 23.2 Å². The third-order valence-corrected chi connectivity index (χ3v) is 2.45. The molecule has 0 spiro atoms. The Balaban J connectivity index is 2.62. The topological polar surface area (TPSA) is 58.2 Å². The van der Waals surface area contributed by atoms with Crippen molar-refractivity contribution in [3.63, 3.8) is 0 Å². The molecular formula is C11H12Cl2N2O2. The summed E-state index contributed by atoms with van der Waals surface area (Å²) < 4.78 is 0. The number of nitrogens with one attached hydrogen (secondary N) is 2. The molecule has 0 heterocycles. The monoisotopic (exact) mass is 274 g/mol. The van der Waals surface area contributed by atoms with Crippen molar-refractivity contribution >= 4 is 40.8 Å². The maximum absolute atomic E-state index is 11.4. The van der Waals surface area contributed by atoms with E-state index in [0.717, 1.165) is 5.56 Å². The van der Waals surface area contributed by atoms with E-state index in [1.165, 1.54) is 0 Å². The molecule has 0 radical (unpaired) electrons. The summed E-state index contributed by atoms with van der Waals surface area (Å²) in [6, 6.07) is 4.52. The van der Waals surface area contributed by atoms with Gasteiger partial charge in [0.15, 0.2) is 0 Å². The summed E-state index contributed by atoms with van der Waals surface area (Å²) in [5.74, 6) is -0.243. The number of benzene rings is 1. The van der Waals surface area contributed by atoms with Crippen LogP contribution in [-0.2, 0) is 4.79 Å². The van der Waals surface area contributed by atoms with Crippen LogP contribution in [0.3, 0.4) is 0 Å². The molecule has 0 aliphatic carbocycles. The fourth-order valence-electron chi connectivity index (χ4n) is 1.16. The zero-order chi connectivity index (χ0) is 12.8. The van der Waals surface area contributed by atoms with E-state index in [2.05, 4.69) is 10.6 Å². The summed E-state index contributed by atoms with van der Waals surface area (Å²) in [5.41, 5.74) is 1.42. The minimum atomic E-state index is -0.592.